The van der Waals surface area contributed by atoms with Gasteiger partial charge < -0.3 is 4.74 Å². The lowest BCUT2D eigenvalue weighted by Gasteiger charge is -2.24. The van der Waals surface area contributed by atoms with Crippen molar-refractivity contribution in [3.05, 3.63) is 12.2 Å². The van der Waals surface area contributed by atoms with Crippen LogP contribution in [-0.4, -0.2) is 19.1 Å². The maximum Gasteiger partial charge on any atom is 0.0499 e. The molecular weight excluding hydrogens is 220 g/mol. The van der Waals surface area contributed by atoms with Gasteiger partial charge in [-0.2, -0.15) is 0 Å². The molecule has 2 unspecified atom stereocenters. The highest BCUT2D eigenvalue weighted by Gasteiger charge is 2.17. The quantitative estimate of drug-likeness (QED) is 0.349. The monoisotopic (exact) mass is 244 g/mol. The normalized spacial score (nSPS) is 24.9. The molecule has 2 atom stereocenters. The lowest BCUT2D eigenvalue weighted by Crippen LogP contribution is -2.19. The van der Waals surface area contributed by atoms with Crippen molar-refractivity contribution in [2.24, 2.45) is 11.8 Å². The molecule has 94 valence electrons. The van der Waals surface area contributed by atoms with Gasteiger partial charge in [-0.3, -0.25) is 0 Å². The number of hydrogen-bond acceptors (Lipinski definition) is 1. The van der Waals surface area contributed by atoms with Crippen molar-refractivity contribution in [2.75, 3.05) is 19.1 Å². The molecule has 0 heterocycles. The Morgan fingerprint density at radius 2 is 1.88 bits per heavy atom. The largest absolute Gasteiger partial charge is 0.381 e. The summed E-state index contributed by atoms with van der Waals surface area (Å²) in [4.78, 5) is 0. The Labute approximate surface area is 105 Å². The first-order valence-electron chi connectivity index (χ1n) is 6.63. The van der Waals surface area contributed by atoms with Gasteiger partial charge in [0.05, 0.1) is 0 Å². The molecule has 1 rings (SSSR count). The molecule has 0 radical (unpaired) electrons. The summed E-state index contributed by atoms with van der Waals surface area (Å²) in [5.74, 6) is 2.33. The predicted molar refractivity (Wildman–Crippen MR) is 71.0 cm³/mol. The van der Waals surface area contributed by atoms with Crippen LogP contribution >= 0.6 is 11.6 Å². The van der Waals surface area contributed by atoms with Crippen LogP contribution in [0, 0.1) is 11.8 Å². The molecule has 0 aromatic heterocycles. The Balaban J connectivity index is 1.92. The van der Waals surface area contributed by atoms with Crippen LogP contribution in [0.5, 0.6) is 0 Å². The molecule has 0 aromatic rings. The first-order valence-corrected chi connectivity index (χ1v) is 7.16. The van der Waals surface area contributed by atoms with Crippen molar-refractivity contribution in [1.82, 2.24) is 0 Å². The Morgan fingerprint density at radius 3 is 2.62 bits per heavy atom. The predicted octanol–water partition coefficient (Wildman–Crippen LogP) is 4.40. The Morgan fingerprint density at radius 1 is 1.12 bits per heavy atom. The molecule has 0 bridgehead atoms. The topological polar surface area (TPSA) is 9.23 Å². The summed E-state index contributed by atoms with van der Waals surface area (Å²) in [5.41, 5.74) is 0. The van der Waals surface area contributed by atoms with Gasteiger partial charge >= 0.3 is 0 Å². The van der Waals surface area contributed by atoms with Crippen LogP contribution in [-0.2, 0) is 4.74 Å². The number of unbranched alkanes of at least 4 members (excludes halogenated alkanes) is 3. The Hall–Kier alpha value is -0.0100. The van der Waals surface area contributed by atoms with E-state index < -0.39 is 0 Å². The maximum atomic E-state index is 5.76. The summed E-state index contributed by atoms with van der Waals surface area (Å²) in [6, 6.07) is 0. The third-order valence-corrected chi connectivity index (χ3v) is 3.69. The van der Waals surface area contributed by atoms with Crippen molar-refractivity contribution in [3.8, 4) is 0 Å². The van der Waals surface area contributed by atoms with E-state index in [-0.39, 0.29) is 0 Å². The number of hydrogen-bond donors (Lipinski definition) is 0. The average molecular weight is 245 g/mol. The zero-order valence-electron chi connectivity index (χ0n) is 10.5. The summed E-state index contributed by atoms with van der Waals surface area (Å²) < 4.78 is 5.76. The molecule has 16 heavy (non-hydrogen) atoms. The molecule has 1 aliphatic carbocycles. The third kappa shape index (κ3) is 5.91. The van der Waals surface area contributed by atoms with E-state index in [1.807, 2.05) is 0 Å². The van der Waals surface area contributed by atoms with E-state index in [2.05, 4.69) is 19.1 Å². The Kier molecular flexibility index (Phi) is 7.96. The second-order valence-electron chi connectivity index (χ2n) is 4.86. The fourth-order valence-electron chi connectivity index (χ4n) is 2.13. The smallest absolute Gasteiger partial charge is 0.0499 e. The summed E-state index contributed by atoms with van der Waals surface area (Å²) >= 11 is 5.62. The molecule has 0 spiro atoms. The second-order valence-corrected chi connectivity index (χ2v) is 5.24. The van der Waals surface area contributed by atoms with Gasteiger partial charge in [-0.1, -0.05) is 31.9 Å². The van der Waals surface area contributed by atoms with Gasteiger partial charge in [-0.25, -0.2) is 0 Å². The van der Waals surface area contributed by atoms with Crippen LogP contribution in [0.1, 0.15) is 45.4 Å². The van der Waals surface area contributed by atoms with Gasteiger partial charge in [0.25, 0.3) is 0 Å². The summed E-state index contributed by atoms with van der Waals surface area (Å²) in [7, 11) is 0. The number of rotatable bonds is 8. The lowest BCUT2D eigenvalue weighted by atomic mass is 9.85. The lowest BCUT2D eigenvalue weighted by molar-refractivity contribution is 0.0765. The average Bonchev–Trinajstić information content (AvgIpc) is 2.30. The van der Waals surface area contributed by atoms with Crippen molar-refractivity contribution in [1.29, 1.82) is 0 Å². The van der Waals surface area contributed by atoms with E-state index in [4.69, 9.17) is 16.3 Å². The number of alkyl halides is 1. The summed E-state index contributed by atoms with van der Waals surface area (Å²) in [6.45, 7) is 4.20. The zero-order chi connectivity index (χ0) is 11.6. The molecular formula is C14H25ClO. The van der Waals surface area contributed by atoms with E-state index in [1.54, 1.807) is 0 Å². The SMILES string of the molecule is CC1CC=CCC1COCCCCCCCl. The first-order chi connectivity index (χ1) is 7.84. The molecule has 0 aromatic carbocycles. The summed E-state index contributed by atoms with van der Waals surface area (Å²) in [5, 5.41) is 0. The van der Waals surface area contributed by atoms with Crippen LogP contribution in [0.15, 0.2) is 12.2 Å². The van der Waals surface area contributed by atoms with Gasteiger partial charge in [0.15, 0.2) is 0 Å². The molecule has 0 saturated heterocycles. The number of ether oxygens (including phenoxy) is 1. The van der Waals surface area contributed by atoms with Crippen molar-refractivity contribution in [3.63, 3.8) is 0 Å². The van der Waals surface area contributed by atoms with E-state index >= 15 is 0 Å². The van der Waals surface area contributed by atoms with Gasteiger partial charge in [-0.05, 0) is 37.5 Å². The molecule has 1 aliphatic rings. The van der Waals surface area contributed by atoms with Crippen LogP contribution < -0.4 is 0 Å². The molecule has 0 saturated carbocycles. The molecule has 0 aliphatic heterocycles. The van der Waals surface area contributed by atoms with Crippen LogP contribution in [0.25, 0.3) is 0 Å². The van der Waals surface area contributed by atoms with Gasteiger partial charge in [0, 0.05) is 19.1 Å². The highest BCUT2D eigenvalue weighted by atomic mass is 35.5. The van der Waals surface area contributed by atoms with Crippen molar-refractivity contribution in [2.45, 2.75) is 45.4 Å². The highest BCUT2D eigenvalue weighted by Crippen LogP contribution is 2.25. The van der Waals surface area contributed by atoms with Gasteiger partial charge in [0.1, 0.15) is 0 Å². The van der Waals surface area contributed by atoms with Crippen molar-refractivity contribution < 1.29 is 4.74 Å². The van der Waals surface area contributed by atoms with E-state index in [9.17, 15) is 0 Å². The Bertz CT molecular complexity index is 191. The number of allylic oxidation sites excluding steroid dienone is 2. The molecule has 0 amide bonds. The van der Waals surface area contributed by atoms with Gasteiger partial charge in [0.2, 0.25) is 0 Å². The fraction of sp³-hybridized carbons (Fsp3) is 0.857. The van der Waals surface area contributed by atoms with Gasteiger partial charge in [-0.15, -0.1) is 11.6 Å². The standard InChI is InChI=1S/C14H25ClO/c1-13-8-4-5-9-14(13)12-16-11-7-3-2-6-10-15/h4-5,13-14H,2-3,6-12H2,1H3. The first kappa shape index (κ1) is 14.1. The van der Waals surface area contributed by atoms with Crippen LogP contribution in [0.2, 0.25) is 0 Å². The minimum absolute atomic E-state index is 0.743. The van der Waals surface area contributed by atoms with E-state index in [0.717, 1.165) is 37.4 Å². The van der Waals surface area contributed by atoms with E-state index in [0.29, 0.717) is 0 Å². The van der Waals surface area contributed by atoms with Crippen LogP contribution in [0.3, 0.4) is 0 Å². The molecule has 0 fully saturated rings. The summed E-state index contributed by atoms with van der Waals surface area (Å²) in [6.07, 6.45) is 11.9. The minimum Gasteiger partial charge on any atom is -0.381 e. The fourth-order valence-corrected chi connectivity index (χ4v) is 2.31. The zero-order valence-corrected chi connectivity index (χ0v) is 11.2. The maximum absolute atomic E-state index is 5.76. The minimum atomic E-state index is 0.743. The molecule has 1 nitrogen and oxygen atoms in total. The second kappa shape index (κ2) is 9.07. The van der Waals surface area contributed by atoms with E-state index in [1.165, 1.54) is 32.1 Å². The third-order valence-electron chi connectivity index (χ3n) is 3.42. The van der Waals surface area contributed by atoms with Crippen LogP contribution in [0.4, 0.5) is 0 Å². The highest BCUT2D eigenvalue weighted by molar-refractivity contribution is 6.17. The number of halogens is 1. The molecule has 2 heteroatoms. The van der Waals surface area contributed by atoms with Crippen molar-refractivity contribution >= 4 is 11.6 Å². The molecule has 0 N–H and O–H groups in total.